The summed E-state index contributed by atoms with van der Waals surface area (Å²) in [5, 5.41) is 6.34. The molecule has 2 rings (SSSR count). The highest BCUT2D eigenvalue weighted by Gasteiger charge is 2.41. The highest BCUT2D eigenvalue weighted by Crippen LogP contribution is 2.48. The van der Waals surface area contributed by atoms with Crippen molar-refractivity contribution in [2.24, 2.45) is 5.41 Å². The normalized spacial score (nSPS) is 25.9. The second-order valence-corrected chi connectivity index (χ2v) is 5.12. The minimum absolute atomic E-state index is 0. The maximum atomic E-state index is 11.8. The van der Waals surface area contributed by atoms with Gasteiger partial charge in [-0.15, -0.1) is 12.4 Å². The van der Waals surface area contributed by atoms with Crippen molar-refractivity contribution in [2.45, 2.75) is 51.5 Å². The zero-order valence-electron chi connectivity index (χ0n) is 10.1. The number of carbonyl (C=O) groups is 1. The van der Waals surface area contributed by atoms with E-state index in [1.807, 2.05) is 0 Å². The summed E-state index contributed by atoms with van der Waals surface area (Å²) in [5.41, 5.74) is 0.475. The van der Waals surface area contributed by atoms with Crippen molar-refractivity contribution in [1.82, 2.24) is 10.6 Å². The highest BCUT2D eigenvalue weighted by molar-refractivity contribution is 5.85. The Balaban J connectivity index is 0.00000128. The maximum absolute atomic E-state index is 11.8. The van der Waals surface area contributed by atoms with E-state index in [-0.39, 0.29) is 24.4 Å². The van der Waals surface area contributed by atoms with E-state index in [2.05, 4.69) is 17.6 Å². The van der Waals surface area contributed by atoms with Crippen LogP contribution in [0, 0.1) is 5.41 Å². The van der Waals surface area contributed by atoms with Crippen LogP contribution in [0.15, 0.2) is 0 Å². The lowest BCUT2D eigenvalue weighted by Gasteiger charge is -2.17. The molecule has 16 heavy (non-hydrogen) atoms. The van der Waals surface area contributed by atoms with Crippen LogP contribution in [0.5, 0.6) is 0 Å². The Morgan fingerprint density at radius 1 is 1.50 bits per heavy atom. The van der Waals surface area contributed by atoms with E-state index in [9.17, 15) is 4.79 Å². The summed E-state index contributed by atoms with van der Waals surface area (Å²) in [6, 6.07) is 0.0856. The molecular weight excluding hydrogens is 224 g/mol. The second-order valence-electron chi connectivity index (χ2n) is 5.12. The van der Waals surface area contributed by atoms with Crippen LogP contribution < -0.4 is 10.6 Å². The molecule has 1 aliphatic carbocycles. The number of rotatable bonds is 5. The van der Waals surface area contributed by atoms with Gasteiger partial charge < -0.3 is 10.6 Å². The molecule has 2 fully saturated rings. The number of hydrogen-bond acceptors (Lipinski definition) is 2. The average molecular weight is 247 g/mol. The second kappa shape index (κ2) is 5.87. The van der Waals surface area contributed by atoms with Crippen LogP contribution in [0.2, 0.25) is 0 Å². The van der Waals surface area contributed by atoms with Crippen molar-refractivity contribution in [3.8, 4) is 0 Å². The van der Waals surface area contributed by atoms with Gasteiger partial charge in [-0.05, 0) is 44.1 Å². The minimum Gasteiger partial charge on any atom is -0.354 e. The maximum Gasteiger partial charge on any atom is 0.237 e. The Hall–Kier alpha value is -0.280. The average Bonchev–Trinajstić information content (AvgIpc) is 2.81. The quantitative estimate of drug-likeness (QED) is 0.778. The molecule has 1 atom stereocenters. The molecule has 0 radical (unpaired) electrons. The number of halogens is 1. The predicted octanol–water partition coefficient (Wildman–Crippen LogP) is 1.86. The van der Waals surface area contributed by atoms with E-state index in [0.717, 1.165) is 25.9 Å². The fraction of sp³-hybridized carbons (Fsp3) is 0.917. The number of hydrogen-bond donors (Lipinski definition) is 2. The summed E-state index contributed by atoms with van der Waals surface area (Å²) >= 11 is 0. The molecule has 1 unspecified atom stereocenters. The molecule has 0 aromatic rings. The van der Waals surface area contributed by atoms with Crippen molar-refractivity contribution in [3.05, 3.63) is 0 Å². The molecular formula is C12H23ClN2O. The molecule has 0 spiro atoms. The fourth-order valence-corrected chi connectivity index (χ4v) is 2.53. The van der Waals surface area contributed by atoms with Crippen molar-refractivity contribution in [2.75, 3.05) is 13.1 Å². The first-order valence-electron chi connectivity index (χ1n) is 6.27. The smallest absolute Gasteiger partial charge is 0.237 e. The SMILES string of the molecule is CCCC1(CNC(=O)C2CCCN2)CC1.Cl. The Kier molecular flexibility index (Phi) is 5.06. The van der Waals surface area contributed by atoms with Gasteiger partial charge in [-0.2, -0.15) is 0 Å². The van der Waals surface area contributed by atoms with Crippen LogP contribution >= 0.6 is 12.4 Å². The summed E-state index contributed by atoms with van der Waals surface area (Å²) < 4.78 is 0. The van der Waals surface area contributed by atoms with Gasteiger partial charge in [-0.1, -0.05) is 13.3 Å². The van der Waals surface area contributed by atoms with E-state index in [4.69, 9.17) is 0 Å². The summed E-state index contributed by atoms with van der Waals surface area (Å²) in [7, 11) is 0. The standard InChI is InChI=1S/C12H22N2O.ClH/c1-2-5-12(6-7-12)9-14-11(15)10-4-3-8-13-10;/h10,13H,2-9H2,1H3,(H,14,15);1H. The number of nitrogens with one attached hydrogen (secondary N) is 2. The molecule has 94 valence electrons. The Morgan fingerprint density at radius 2 is 2.25 bits per heavy atom. The third-order valence-electron chi connectivity index (χ3n) is 3.75. The molecule has 3 nitrogen and oxygen atoms in total. The van der Waals surface area contributed by atoms with E-state index < -0.39 is 0 Å². The minimum atomic E-state index is 0. The van der Waals surface area contributed by atoms with Crippen LogP contribution in [0.4, 0.5) is 0 Å². The first-order valence-corrected chi connectivity index (χ1v) is 6.27. The molecule has 1 saturated carbocycles. The monoisotopic (exact) mass is 246 g/mol. The summed E-state index contributed by atoms with van der Waals surface area (Å²) in [6.07, 6.45) is 7.26. The molecule has 1 heterocycles. The molecule has 0 aromatic heterocycles. The van der Waals surface area contributed by atoms with Gasteiger partial charge in [0.1, 0.15) is 0 Å². The largest absolute Gasteiger partial charge is 0.354 e. The summed E-state index contributed by atoms with van der Waals surface area (Å²) in [4.78, 5) is 11.8. The molecule has 0 bridgehead atoms. The van der Waals surface area contributed by atoms with Gasteiger partial charge in [-0.25, -0.2) is 0 Å². The van der Waals surface area contributed by atoms with E-state index in [0.29, 0.717) is 5.41 Å². The van der Waals surface area contributed by atoms with Gasteiger partial charge in [0.25, 0.3) is 0 Å². The molecule has 2 N–H and O–H groups in total. The first-order chi connectivity index (χ1) is 7.26. The summed E-state index contributed by atoms with van der Waals surface area (Å²) in [6.45, 7) is 4.12. The van der Waals surface area contributed by atoms with Crippen LogP contribution in [0.3, 0.4) is 0 Å². The van der Waals surface area contributed by atoms with Crippen LogP contribution in [0.25, 0.3) is 0 Å². The third-order valence-corrected chi connectivity index (χ3v) is 3.75. The van der Waals surface area contributed by atoms with Crippen molar-refractivity contribution >= 4 is 18.3 Å². The summed E-state index contributed by atoms with van der Waals surface area (Å²) in [5.74, 6) is 0.217. The van der Waals surface area contributed by atoms with E-state index >= 15 is 0 Å². The lowest BCUT2D eigenvalue weighted by atomic mass is 10.0. The zero-order valence-corrected chi connectivity index (χ0v) is 10.9. The molecule has 4 heteroatoms. The van der Waals surface area contributed by atoms with Crippen molar-refractivity contribution < 1.29 is 4.79 Å². The van der Waals surface area contributed by atoms with Gasteiger partial charge in [0, 0.05) is 6.54 Å². The molecule has 2 aliphatic rings. The van der Waals surface area contributed by atoms with Crippen LogP contribution in [-0.2, 0) is 4.79 Å². The van der Waals surface area contributed by atoms with Crippen molar-refractivity contribution in [3.63, 3.8) is 0 Å². The molecule has 0 aromatic carbocycles. The van der Waals surface area contributed by atoms with E-state index in [1.165, 1.54) is 25.7 Å². The van der Waals surface area contributed by atoms with Crippen molar-refractivity contribution in [1.29, 1.82) is 0 Å². The van der Waals surface area contributed by atoms with Gasteiger partial charge in [0.05, 0.1) is 6.04 Å². The third kappa shape index (κ3) is 3.36. The lowest BCUT2D eigenvalue weighted by molar-refractivity contribution is -0.123. The van der Waals surface area contributed by atoms with Crippen LogP contribution in [-0.4, -0.2) is 25.0 Å². The fourth-order valence-electron chi connectivity index (χ4n) is 2.53. The first kappa shape index (κ1) is 13.8. The molecule has 1 aliphatic heterocycles. The van der Waals surface area contributed by atoms with Gasteiger partial charge in [0.2, 0.25) is 5.91 Å². The Morgan fingerprint density at radius 3 is 2.75 bits per heavy atom. The highest BCUT2D eigenvalue weighted by atomic mass is 35.5. The van der Waals surface area contributed by atoms with Gasteiger partial charge >= 0.3 is 0 Å². The van der Waals surface area contributed by atoms with Crippen LogP contribution in [0.1, 0.15) is 45.4 Å². The zero-order chi connectivity index (χ0) is 10.7. The Bertz CT molecular complexity index is 235. The molecule has 1 amide bonds. The van der Waals surface area contributed by atoms with Gasteiger partial charge in [0.15, 0.2) is 0 Å². The predicted molar refractivity (Wildman–Crippen MR) is 67.9 cm³/mol. The lowest BCUT2D eigenvalue weighted by Crippen LogP contribution is -2.42. The number of carbonyl (C=O) groups excluding carboxylic acids is 1. The molecule has 1 saturated heterocycles. The number of amides is 1. The van der Waals surface area contributed by atoms with Gasteiger partial charge in [-0.3, -0.25) is 4.79 Å². The Labute approximate surface area is 104 Å². The van der Waals surface area contributed by atoms with E-state index in [1.54, 1.807) is 0 Å². The topological polar surface area (TPSA) is 41.1 Å².